The molecule has 0 bridgehead atoms. The standard InChI is InChI=1S/C31H34N6O3S/c1-20(2)27-16-34-30-21(3)14-23(17-37(27)30)22-4-7-25(8-5-22)41(39,40)36-13-10-26(28(38)18-36)35-29-9-6-24(15-33-29)31(19-32)11-12-31/h4-9,14-17,20,26,28,38H,10-13,18H2,1-3H3,(H,33,35)/t26-,28+/m1/s1. The third kappa shape index (κ3) is 4.99. The minimum absolute atomic E-state index is 0.00809. The summed E-state index contributed by atoms with van der Waals surface area (Å²) in [7, 11) is -3.78. The van der Waals surface area contributed by atoms with Crippen LogP contribution in [0.4, 0.5) is 5.82 Å². The number of aromatic nitrogens is 3. The summed E-state index contributed by atoms with van der Waals surface area (Å²) >= 11 is 0. The van der Waals surface area contributed by atoms with Gasteiger partial charge < -0.3 is 14.8 Å². The Hall–Kier alpha value is -3.78. The molecule has 2 aliphatic rings. The number of imidazole rings is 1. The predicted octanol–water partition coefficient (Wildman–Crippen LogP) is 4.62. The van der Waals surface area contributed by atoms with Crippen LogP contribution in [0.25, 0.3) is 16.8 Å². The Labute approximate surface area is 240 Å². The number of nitriles is 1. The van der Waals surface area contributed by atoms with E-state index in [9.17, 15) is 18.8 Å². The minimum Gasteiger partial charge on any atom is -0.390 e. The van der Waals surface area contributed by atoms with Crippen molar-refractivity contribution in [2.24, 2.45) is 0 Å². The van der Waals surface area contributed by atoms with Crippen LogP contribution in [-0.4, -0.2) is 57.4 Å². The molecule has 0 radical (unpaired) electrons. The molecule has 1 saturated carbocycles. The van der Waals surface area contributed by atoms with Gasteiger partial charge in [0.1, 0.15) is 11.5 Å². The second-order valence-electron chi connectivity index (χ2n) is 11.6. The molecule has 4 aromatic rings. The van der Waals surface area contributed by atoms with Crippen LogP contribution in [0.15, 0.2) is 66.0 Å². The number of pyridine rings is 2. The minimum atomic E-state index is -3.78. The first-order valence-electron chi connectivity index (χ1n) is 14.0. The first-order valence-corrected chi connectivity index (χ1v) is 15.5. The molecule has 1 aliphatic heterocycles. The quantitative estimate of drug-likeness (QED) is 0.332. The van der Waals surface area contributed by atoms with Crippen molar-refractivity contribution < 1.29 is 13.5 Å². The van der Waals surface area contributed by atoms with Crippen LogP contribution in [0.3, 0.4) is 0 Å². The van der Waals surface area contributed by atoms with Gasteiger partial charge in [0.05, 0.1) is 28.5 Å². The average molecular weight is 571 g/mol. The van der Waals surface area contributed by atoms with Gasteiger partial charge in [-0.25, -0.2) is 18.4 Å². The zero-order chi connectivity index (χ0) is 28.9. The molecule has 9 nitrogen and oxygen atoms in total. The average Bonchev–Trinajstić information content (AvgIpc) is 3.65. The molecule has 1 aliphatic carbocycles. The number of aliphatic hydroxyl groups excluding tert-OH is 1. The number of aryl methyl sites for hydroxylation is 1. The van der Waals surface area contributed by atoms with Gasteiger partial charge in [0, 0.05) is 37.4 Å². The van der Waals surface area contributed by atoms with Crippen molar-refractivity contribution in [3.8, 4) is 17.2 Å². The Morgan fingerprint density at radius 1 is 1.10 bits per heavy atom. The number of nitrogens with one attached hydrogen (secondary N) is 1. The molecule has 2 atom stereocenters. The van der Waals surface area contributed by atoms with E-state index in [1.54, 1.807) is 18.3 Å². The Kier molecular flexibility index (Phi) is 6.85. The third-order valence-corrected chi connectivity index (χ3v) is 10.3. The number of benzene rings is 1. The van der Waals surface area contributed by atoms with Crippen LogP contribution in [0.1, 0.15) is 55.8 Å². The molecule has 41 heavy (non-hydrogen) atoms. The maximum atomic E-state index is 13.5. The molecular formula is C31H34N6O3S. The van der Waals surface area contributed by atoms with E-state index < -0.39 is 21.5 Å². The summed E-state index contributed by atoms with van der Waals surface area (Å²) in [6.07, 6.45) is 6.93. The number of β-amino-alcohol motifs (C(OH)–C–C–N with tert-alkyl or cyclic N) is 1. The first-order chi connectivity index (χ1) is 19.6. The molecule has 4 heterocycles. The summed E-state index contributed by atoms with van der Waals surface area (Å²) in [6.45, 7) is 6.57. The molecule has 0 unspecified atom stereocenters. The summed E-state index contributed by atoms with van der Waals surface area (Å²) in [5.41, 5.74) is 5.52. The van der Waals surface area contributed by atoms with Gasteiger partial charge in [-0.15, -0.1) is 0 Å². The van der Waals surface area contributed by atoms with Crippen molar-refractivity contribution in [3.05, 3.63) is 77.9 Å². The van der Waals surface area contributed by atoms with Gasteiger partial charge in [-0.05, 0) is 78.6 Å². The maximum Gasteiger partial charge on any atom is 0.243 e. The van der Waals surface area contributed by atoms with E-state index in [0.717, 1.165) is 46.4 Å². The van der Waals surface area contributed by atoms with Gasteiger partial charge >= 0.3 is 0 Å². The van der Waals surface area contributed by atoms with Crippen LogP contribution in [-0.2, 0) is 15.4 Å². The fourth-order valence-electron chi connectivity index (χ4n) is 5.66. The summed E-state index contributed by atoms with van der Waals surface area (Å²) in [4.78, 5) is 9.20. The number of fused-ring (bicyclic) bond motifs is 1. The largest absolute Gasteiger partial charge is 0.390 e. The number of nitrogens with zero attached hydrogens (tertiary/aromatic N) is 5. The van der Waals surface area contributed by atoms with Crippen LogP contribution in [0, 0.1) is 18.3 Å². The number of aliphatic hydroxyl groups is 1. The van der Waals surface area contributed by atoms with Crippen LogP contribution in [0.2, 0.25) is 0 Å². The van der Waals surface area contributed by atoms with Gasteiger partial charge in [-0.1, -0.05) is 32.0 Å². The predicted molar refractivity (Wildman–Crippen MR) is 157 cm³/mol. The molecule has 2 N–H and O–H groups in total. The molecule has 3 aromatic heterocycles. The Morgan fingerprint density at radius 2 is 1.85 bits per heavy atom. The van der Waals surface area contributed by atoms with Crippen molar-refractivity contribution in [1.29, 1.82) is 5.26 Å². The molecule has 1 saturated heterocycles. The molecule has 0 spiro atoms. The first kappa shape index (κ1) is 27.4. The topological polar surface area (TPSA) is 124 Å². The zero-order valence-corrected chi connectivity index (χ0v) is 24.3. The van der Waals surface area contributed by atoms with Crippen molar-refractivity contribution >= 4 is 21.5 Å². The van der Waals surface area contributed by atoms with Gasteiger partial charge in [0.2, 0.25) is 10.0 Å². The number of rotatable bonds is 7. The highest BCUT2D eigenvalue weighted by molar-refractivity contribution is 7.89. The normalized spacial score (nSPS) is 20.7. The van der Waals surface area contributed by atoms with E-state index in [1.165, 1.54) is 4.31 Å². The molecule has 2 fully saturated rings. The van der Waals surface area contributed by atoms with Crippen molar-refractivity contribution in [2.45, 2.75) is 68.4 Å². The molecular weight excluding hydrogens is 536 g/mol. The highest BCUT2D eigenvalue weighted by atomic mass is 32.2. The number of piperidine rings is 1. The Morgan fingerprint density at radius 3 is 2.46 bits per heavy atom. The lowest BCUT2D eigenvalue weighted by molar-refractivity contribution is 0.0949. The van der Waals surface area contributed by atoms with Crippen molar-refractivity contribution in [2.75, 3.05) is 18.4 Å². The van der Waals surface area contributed by atoms with Crippen molar-refractivity contribution in [3.63, 3.8) is 0 Å². The second-order valence-corrected chi connectivity index (χ2v) is 13.5. The van der Waals surface area contributed by atoms with Crippen molar-refractivity contribution in [1.82, 2.24) is 18.7 Å². The van der Waals surface area contributed by atoms with E-state index in [4.69, 9.17) is 0 Å². The number of sulfonamides is 1. The van der Waals surface area contributed by atoms with E-state index >= 15 is 0 Å². The monoisotopic (exact) mass is 570 g/mol. The van der Waals surface area contributed by atoms with Crippen LogP contribution in [0.5, 0.6) is 0 Å². The van der Waals surface area contributed by atoms with Crippen LogP contribution < -0.4 is 5.32 Å². The fraction of sp³-hybridized carbons (Fsp3) is 0.387. The summed E-state index contributed by atoms with van der Waals surface area (Å²) in [5.74, 6) is 0.922. The van der Waals surface area contributed by atoms with Gasteiger partial charge in [-0.2, -0.15) is 9.57 Å². The highest BCUT2D eigenvalue weighted by Crippen LogP contribution is 2.47. The molecule has 0 amide bonds. The van der Waals surface area contributed by atoms with E-state index in [1.807, 2.05) is 37.4 Å². The third-order valence-electron chi connectivity index (χ3n) is 8.39. The fourth-order valence-corrected chi connectivity index (χ4v) is 7.13. The Balaban J connectivity index is 1.14. The van der Waals surface area contributed by atoms with Gasteiger partial charge in [0.15, 0.2) is 0 Å². The lowest BCUT2D eigenvalue weighted by atomic mass is 10.00. The smallest absolute Gasteiger partial charge is 0.243 e. The van der Waals surface area contributed by atoms with Gasteiger partial charge in [-0.3, -0.25) is 0 Å². The van der Waals surface area contributed by atoms with E-state index in [0.29, 0.717) is 18.2 Å². The molecule has 1 aromatic carbocycles. The number of anilines is 1. The van der Waals surface area contributed by atoms with Crippen LogP contribution >= 0.6 is 0 Å². The SMILES string of the molecule is Cc1cc(-c2ccc(S(=O)(=O)N3CC[C@@H](Nc4ccc(C5(C#N)CC5)cn4)[C@@H](O)C3)cc2)cn2c(C(C)C)cnc12. The maximum absolute atomic E-state index is 13.5. The Bertz CT molecular complexity index is 1740. The lowest BCUT2D eigenvalue weighted by Gasteiger charge is -2.35. The highest BCUT2D eigenvalue weighted by Gasteiger charge is 2.45. The summed E-state index contributed by atoms with van der Waals surface area (Å²) in [6, 6.07) is 14.8. The van der Waals surface area contributed by atoms with Gasteiger partial charge in [0.25, 0.3) is 0 Å². The molecule has 6 rings (SSSR count). The summed E-state index contributed by atoms with van der Waals surface area (Å²) < 4.78 is 30.4. The molecule has 10 heteroatoms. The lowest BCUT2D eigenvalue weighted by Crippen LogP contribution is -2.51. The van der Waals surface area contributed by atoms with E-state index in [-0.39, 0.29) is 24.0 Å². The zero-order valence-electron chi connectivity index (χ0n) is 23.4. The molecule has 212 valence electrons. The number of hydrogen-bond acceptors (Lipinski definition) is 7. The summed E-state index contributed by atoms with van der Waals surface area (Å²) in [5, 5.41) is 23.5. The second kappa shape index (κ2) is 10.2. The number of hydrogen-bond donors (Lipinski definition) is 2. The van der Waals surface area contributed by atoms with E-state index in [2.05, 4.69) is 51.9 Å².